The molecule has 0 spiro atoms. The molecule has 1 saturated carbocycles. The van der Waals surface area contributed by atoms with E-state index >= 15 is 0 Å². The lowest BCUT2D eigenvalue weighted by molar-refractivity contribution is -0.140. The molecule has 1 aliphatic rings. The van der Waals surface area contributed by atoms with Crippen LogP contribution in [0.5, 0.6) is 0 Å². The molecule has 18 heavy (non-hydrogen) atoms. The highest BCUT2D eigenvalue weighted by molar-refractivity contribution is 5.99. The summed E-state index contributed by atoms with van der Waals surface area (Å²) in [5.74, 6) is -2.24. The SMILES string of the molecule is Cc1ncccc1NC(=O)C1C(C(=O)O)C1(C)C. The van der Waals surface area contributed by atoms with Gasteiger partial charge in [-0.2, -0.15) is 0 Å². The number of amides is 1. The Kier molecular flexibility index (Phi) is 2.84. The number of carboxylic acid groups (broad SMARTS) is 1. The van der Waals surface area contributed by atoms with E-state index < -0.39 is 23.2 Å². The van der Waals surface area contributed by atoms with Gasteiger partial charge in [-0.15, -0.1) is 0 Å². The lowest BCUT2D eigenvalue weighted by Crippen LogP contribution is -2.18. The quantitative estimate of drug-likeness (QED) is 0.853. The Labute approximate surface area is 105 Å². The Balaban J connectivity index is 2.11. The van der Waals surface area contributed by atoms with Crippen LogP contribution in [0.1, 0.15) is 19.5 Å². The first kappa shape index (κ1) is 12.5. The third-order valence-electron chi connectivity index (χ3n) is 3.64. The van der Waals surface area contributed by atoms with E-state index in [4.69, 9.17) is 5.11 Å². The molecule has 0 saturated heterocycles. The first-order valence-corrected chi connectivity index (χ1v) is 5.81. The van der Waals surface area contributed by atoms with Gasteiger partial charge < -0.3 is 10.4 Å². The topological polar surface area (TPSA) is 79.3 Å². The molecular formula is C13H16N2O3. The molecule has 1 aliphatic carbocycles. The normalized spacial score (nSPS) is 24.4. The Morgan fingerprint density at radius 3 is 2.56 bits per heavy atom. The Hall–Kier alpha value is -1.91. The van der Waals surface area contributed by atoms with Gasteiger partial charge in [0.15, 0.2) is 0 Å². The first-order chi connectivity index (χ1) is 8.35. The largest absolute Gasteiger partial charge is 0.481 e. The van der Waals surface area contributed by atoms with Crippen molar-refractivity contribution in [1.29, 1.82) is 0 Å². The van der Waals surface area contributed by atoms with Crippen LogP contribution >= 0.6 is 0 Å². The number of anilines is 1. The summed E-state index contributed by atoms with van der Waals surface area (Å²) in [6, 6.07) is 3.49. The standard InChI is InChI=1S/C13H16N2O3/c1-7-8(5-4-6-14-7)15-11(16)9-10(12(17)18)13(9,2)3/h4-6,9-10H,1-3H3,(H,15,16)(H,17,18). The zero-order valence-electron chi connectivity index (χ0n) is 10.6. The number of nitrogens with zero attached hydrogens (tertiary/aromatic N) is 1. The van der Waals surface area contributed by atoms with Gasteiger partial charge in [0.2, 0.25) is 5.91 Å². The molecule has 1 aromatic rings. The number of rotatable bonds is 3. The molecule has 0 radical (unpaired) electrons. The third-order valence-corrected chi connectivity index (χ3v) is 3.64. The van der Waals surface area contributed by atoms with E-state index in [0.29, 0.717) is 5.69 Å². The molecule has 1 fully saturated rings. The lowest BCUT2D eigenvalue weighted by Gasteiger charge is -2.07. The summed E-state index contributed by atoms with van der Waals surface area (Å²) in [4.78, 5) is 27.1. The van der Waals surface area contributed by atoms with E-state index in [9.17, 15) is 9.59 Å². The zero-order valence-corrected chi connectivity index (χ0v) is 10.6. The van der Waals surface area contributed by atoms with Crippen LogP contribution in [0.25, 0.3) is 0 Å². The van der Waals surface area contributed by atoms with Crippen molar-refractivity contribution in [2.75, 3.05) is 5.32 Å². The monoisotopic (exact) mass is 248 g/mol. The van der Waals surface area contributed by atoms with Gasteiger partial charge in [0.25, 0.3) is 0 Å². The molecule has 0 aromatic carbocycles. The fourth-order valence-electron chi connectivity index (χ4n) is 2.41. The van der Waals surface area contributed by atoms with Gasteiger partial charge in [-0.1, -0.05) is 13.8 Å². The van der Waals surface area contributed by atoms with Crippen molar-refractivity contribution in [3.63, 3.8) is 0 Å². The second-order valence-corrected chi connectivity index (χ2v) is 5.24. The van der Waals surface area contributed by atoms with Gasteiger partial charge in [0, 0.05) is 6.20 Å². The highest BCUT2D eigenvalue weighted by Crippen LogP contribution is 2.58. The summed E-state index contributed by atoms with van der Waals surface area (Å²) in [6.07, 6.45) is 1.64. The van der Waals surface area contributed by atoms with Crippen LogP contribution < -0.4 is 5.32 Å². The highest BCUT2D eigenvalue weighted by atomic mass is 16.4. The van der Waals surface area contributed by atoms with Crippen molar-refractivity contribution in [3.8, 4) is 0 Å². The number of pyridine rings is 1. The summed E-state index contributed by atoms with van der Waals surface area (Å²) in [5, 5.41) is 11.8. The second-order valence-electron chi connectivity index (χ2n) is 5.24. The lowest BCUT2D eigenvalue weighted by atomic mass is 10.1. The third kappa shape index (κ3) is 1.96. The number of hydrogen-bond donors (Lipinski definition) is 2. The van der Waals surface area contributed by atoms with Crippen molar-refractivity contribution in [1.82, 2.24) is 4.98 Å². The van der Waals surface area contributed by atoms with E-state index in [1.807, 2.05) is 0 Å². The Bertz CT molecular complexity index is 511. The van der Waals surface area contributed by atoms with E-state index in [0.717, 1.165) is 5.69 Å². The highest BCUT2D eigenvalue weighted by Gasteiger charge is 2.65. The van der Waals surface area contributed by atoms with Crippen LogP contribution in [0.15, 0.2) is 18.3 Å². The Morgan fingerprint density at radius 2 is 2.06 bits per heavy atom. The number of hydrogen-bond acceptors (Lipinski definition) is 3. The predicted octanol–water partition coefficient (Wildman–Crippen LogP) is 1.69. The minimum Gasteiger partial charge on any atom is -0.481 e. The molecule has 0 aliphatic heterocycles. The second kappa shape index (κ2) is 4.08. The van der Waals surface area contributed by atoms with Crippen LogP contribution in [-0.2, 0) is 9.59 Å². The number of aliphatic carboxylic acids is 1. The number of nitrogens with one attached hydrogen (secondary N) is 1. The molecule has 5 nitrogen and oxygen atoms in total. The van der Waals surface area contributed by atoms with Gasteiger partial charge in [-0.25, -0.2) is 0 Å². The molecule has 5 heteroatoms. The van der Waals surface area contributed by atoms with E-state index in [2.05, 4.69) is 10.3 Å². The average Bonchev–Trinajstić information content (AvgIpc) is 2.85. The Morgan fingerprint density at radius 1 is 1.39 bits per heavy atom. The summed E-state index contributed by atoms with van der Waals surface area (Å²) in [5.41, 5.74) is 0.872. The number of carbonyl (C=O) groups is 2. The number of aromatic nitrogens is 1. The number of carbonyl (C=O) groups excluding carboxylic acids is 1. The summed E-state index contributed by atoms with van der Waals surface area (Å²) in [7, 11) is 0. The first-order valence-electron chi connectivity index (χ1n) is 5.81. The molecule has 1 heterocycles. The van der Waals surface area contributed by atoms with Gasteiger partial charge in [0.05, 0.1) is 23.2 Å². The van der Waals surface area contributed by atoms with Crippen molar-refractivity contribution in [2.24, 2.45) is 17.3 Å². The maximum absolute atomic E-state index is 12.1. The van der Waals surface area contributed by atoms with Crippen LogP contribution in [0, 0.1) is 24.2 Å². The molecule has 96 valence electrons. The molecule has 1 amide bonds. The summed E-state index contributed by atoms with van der Waals surface area (Å²) in [6.45, 7) is 5.39. The maximum Gasteiger partial charge on any atom is 0.307 e. The predicted molar refractivity (Wildman–Crippen MR) is 66.0 cm³/mol. The molecule has 2 N–H and O–H groups in total. The maximum atomic E-state index is 12.1. The fraction of sp³-hybridized carbons (Fsp3) is 0.462. The smallest absolute Gasteiger partial charge is 0.307 e. The zero-order chi connectivity index (χ0) is 13.5. The van der Waals surface area contributed by atoms with Gasteiger partial charge in [-0.05, 0) is 24.5 Å². The van der Waals surface area contributed by atoms with Gasteiger partial charge >= 0.3 is 5.97 Å². The van der Waals surface area contributed by atoms with E-state index in [1.165, 1.54) is 0 Å². The summed E-state index contributed by atoms with van der Waals surface area (Å²) < 4.78 is 0. The molecule has 0 bridgehead atoms. The van der Waals surface area contributed by atoms with Crippen LogP contribution in [-0.4, -0.2) is 22.0 Å². The molecule has 1 aromatic heterocycles. The van der Waals surface area contributed by atoms with Crippen molar-refractivity contribution >= 4 is 17.6 Å². The van der Waals surface area contributed by atoms with Gasteiger partial charge in [-0.3, -0.25) is 14.6 Å². The molecule has 2 atom stereocenters. The van der Waals surface area contributed by atoms with Crippen molar-refractivity contribution in [3.05, 3.63) is 24.0 Å². The average molecular weight is 248 g/mol. The minimum atomic E-state index is -0.914. The fourth-order valence-corrected chi connectivity index (χ4v) is 2.41. The number of aryl methyl sites for hydroxylation is 1. The number of carboxylic acids is 1. The van der Waals surface area contributed by atoms with E-state index in [1.54, 1.807) is 39.1 Å². The molecule has 2 rings (SSSR count). The van der Waals surface area contributed by atoms with Gasteiger partial charge in [0.1, 0.15) is 0 Å². The molecular weight excluding hydrogens is 232 g/mol. The van der Waals surface area contributed by atoms with Crippen LogP contribution in [0.4, 0.5) is 5.69 Å². The minimum absolute atomic E-state index is 0.247. The van der Waals surface area contributed by atoms with Crippen LogP contribution in [0.2, 0.25) is 0 Å². The van der Waals surface area contributed by atoms with Crippen molar-refractivity contribution in [2.45, 2.75) is 20.8 Å². The van der Waals surface area contributed by atoms with E-state index in [-0.39, 0.29) is 5.91 Å². The summed E-state index contributed by atoms with van der Waals surface area (Å²) >= 11 is 0. The van der Waals surface area contributed by atoms with Crippen molar-refractivity contribution < 1.29 is 14.7 Å². The van der Waals surface area contributed by atoms with Crippen LogP contribution in [0.3, 0.4) is 0 Å². The molecule has 2 unspecified atom stereocenters.